The third-order valence-corrected chi connectivity index (χ3v) is 4.35. The standard InChI is InChI=1S/C22H20ClNO3/c1-15-6-5-7-18(12-15)24-22(25)16-10-11-20(26-2)17(13-16)14-27-21-9-4-3-8-19(21)23/h3-13H,14H2,1-2H3,(H,24,25). The van der Waals surface area contributed by atoms with Crippen molar-refractivity contribution in [3.8, 4) is 11.5 Å². The predicted molar refractivity (Wildman–Crippen MR) is 108 cm³/mol. The second-order valence-electron chi connectivity index (χ2n) is 6.07. The van der Waals surface area contributed by atoms with Crippen LogP contribution in [0.2, 0.25) is 5.02 Å². The Morgan fingerprint density at radius 1 is 1.00 bits per heavy atom. The maximum atomic E-state index is 12.6. The van der Waals surface area contributed by atoms with E-state index in [2.05, 4.69) is 5.32 Å². The summed E-state index contributed by atoms with van der Waals surface area (Å²) in [5, 5.41) is 3.44. The van der Waals surface area contributed by atoms with Gasteiger partial charge in [-0.1, -0.05) is 35.9 Å². The number of carbonyl (C=O) groups is 1. The highest BCUT2D eigenvalue weighted by atomic mass is 35.5. The van der Waals surface area contributed by atoms with Gasteiger partial charge in [-0.15, -0.1) is 0 Å². The van der Waals surface area contributed by atoms with Crippen LogP contribution < -0.4 is 14.8 Å². The summed E-state index contributed by atoms with van der Waals surface area (Å²) in [6.07, 6.45) is 0. The Morgan fingerprint density at radius 3 is 2.56 bits per heavy atom. The number of carbonyl (C=O) groups excluding carboxylic acids is 1. The lowest BCUT2D eigenvalue weighted by molar-refractivity contribution is 0.102. The molecule has 1 amide bonds. The molecule has 0 saturated carbocycles. The van der Waals surface area contributed by atoms with Gasteiger partial charge in [-0.25, -0.2) is 0 Å². The van der Waals surface area contributed by atoms with Crippen molar-refractivity contribution < 1.29 is 14.3 Å². The van der Waals surface area contributed by atoms with Gasteiger partial charge in [0.1, 0.15) is 18.1 Å². The Kier molecular flexibility index (Phi) is 5.99. The summed E-state index contributed by atoms with van der Waals surface area (Å²) in [4.78, 5) is 12.6. The number of para-hydroxylation sites is 1. The van der Waals surface area contributed by atoms with E-state index in [4.69, 9.17) is 21.1 Å². The van der Waals surface area contributed by atoms with Gasteiger partial charge in [0.15, 0.2) is 0 Å². The van der Waals surface area contributed by atoms with Crippen LogP contribution in [-0.4, -0.2) is 13.0 Å². The summed E-state index contributed by atoms with van der Waals surface area (Å²) in [6.45, 7) is 2.21. The second kappa shape index (κ2) is 8.60. The van der Waals surface area contributed by atoms with Gasteiger partial charge in [0.25, 0.3) is 5.91 Å². The SMILES string of the molecule is COc1ccc(C(=O)Nc2cccc(C)c2)cc1COc1ccccc1Cl. The molecule has 0 bridgehead atoms. The molecule has 0 saturated heterocycles. The van der Waals surface area contributed by atoms with Crippen molar-refractivity contribution >= 4 is 23.2 Å². The molecule has 3 rings (SSSR count). The number of benzene rings is 3. The minimum atomic E-state index is -0.192. The van der Waals surface area contributed by atoms with E-state index >= 15 is 0 Å². The van der Waals surface area contributed by atoms with Crippen LogP contribution in [0.15, 0.2) is 66.7 Å². The van der Waals surface area contributed by atoms with Gasteiger partial charge in [0.05, 0.1) is 12.1 Å². The monoisotopic (exact) mass is 381 g/mol. The highest BCUT2D eigenvalue weighted by Crippen LogP contribution is 2.27. The highest BCUT2D eigenvalue weighted by Gasteiger charge is 2.12. The van der Waals surface area contributed by atoms with E-state index in [-0.39, 0.29) is 12.5 Å². The average molecular weight is 382 g/mol. The Balaban J connectivity index is 1.78. The van der Waals surface area contributed by atoms with Gasteiger partial charge >= 0.3 is 0 Å². The molecular formula is C22H20ClNO3. The molecular weight excluding hydrogens is 362 g/mol. The molecule has 0 radical (unpaired) electrons. The quantitative estimate of drug-likeness (QED) is 0.614. The van der Waals surface area contributed by atoms with Gasteiger partial charge in [-0.3, -0.25) is 4.79 Å². The number of amides is 1. The van der Waals surface area contributed by atoms with Crippen LogP contribution in [0.5, 0.6) is 11.5 Å². The van der Waals surface area contributed by atoms with Crippen LogP contribution in [0.1, 0.15) is 21.5 Å². The number of ether oxygens (including phenoxy) is 2. The van der Waals surface area contributed by atoms with E-state index < -0.39 is 0 Å². The summed E-state index contributed by atoms with van der Waals surface area (Å²) in [5.41, 5.74) is 3.12. The zero-order chi connectivity index (χ0) is 19.2. The number of nitrogens with one attached hydrogen (secondary N) is 1. The van der Waals surface area contributed by atoms with E-state index in [0.29, 0.717) is 22.1 Å². The summed E-state index contributed by atoms with van der Waals surface area (Å²) < 4.78 is 11.2. The van der Waals surface area contributed by atoms with Crippen LogP contribution in [0.25, 0.3) is 0 Å². The Labute approximate surface area is 163 Å². The minimum absolute atomic E-state index is 0.192. The Morgan fingerprint density at radius 2 is 1.81 bits per heavy atom. The van der Waals surface area contributed by atoms with Crippen molar-refractivity contribution in [2.24, 2.45) is 0 Å². The molecule has 0 atom stereocenters. The zero-order valence-corrected chi connectivity index (χ0v) is 15.9. The molecule has 138 valence electrons. The topological polar surface area (TPSA) is 47.6 Å². The van der Waals surface area contributed by atoms with Crippen molar-refractivity contribution in [1.82, 2.24) is 0 Å². The number of anilines is 1. The summed E-state index contributed by atoms with van der Waals surface area (Å²) in [5.74, 6) is 1.03. The summed E-state index contributed by atoms with van der Waals surface area (Å²) >= 11 is 6.13. The first-order chi connectivity index (χ1) is 13.1. The van der Waals surface area contributed by atoms with Crippen LogP contribution in [0, 0.1) is 6.92 Å². The van der Waals surface area contributed by atoms with Crippen molar-refractivity contribution in [2.45, 2.75) is 13.5 Å². The van der Waals surface area contributed by atoms with Crippen LogP contribution >= 0.6 is 11.6 Å². The molecule has 3 aromatic carbocycles. The third-order valence-electron chi connectivity index (χ3n) is 4.04. The Hall–Kier alpha value is -2.98. The number of hydrogen-bond acceptors (Lipinski definition) is 3. The number of aryl methyl sites for hydroxylation is 1. The molecule has 0 spiro atoms. The van der Waals surface area contributed by atoms with Gasteiger partial charge < -0.3 is 14.8 Å². The lowest BCUT2D eigenvalue weighted by Gasteiger charge is -2.13. The van der Waals surface area contributed by atoms with Gasteiger partial charge in [0.2, 0.25) is 0 Å². The fraction of sp³-hybridized carbons (Fsp3) is 0.136. The largest absolute Gasteiger partial charge is 0.496 e. The van der Waals surface area contributed by atoms with Crippen molar-refractivity contribution in [3.05, 3.63) is 88.4 Å². The van der Waals surface area contributed by atoms with Crippen molar-refractivity contribution in [2.75, 3.05) is 12.4 Å². The molecule has 0 aliphatic rings. The predicted octanol–water partition coefficient (Wildman–Crippen LogP) is 5.49. The molecule has 1 N–H and O–H groups in total. The van der Waals surface area contributed by atoms with Crippen molar-refractivity contribution in [1.29, 1.82) is 0 Å². The lowest BCUT2D eigenvalue weighted by Crippen LogP contribution is -2.13. The average Bonchev–Trinajstić information content (AvgIpc) is 2.67. The normalized spacial score (nSPS) is 10.3. The number of halogens is 1. The maximum absolute atomic E-state index is 12.6. The molecule has 0 aromatic heterocycles. The van der Waals surface area contributed by atoms with Crippen molar-refractivity contribution in [3.63, 3.8) is 0 Å². The summed E-state index contributed by atoms with van der Waals surface area (Å²) in [6, 6.07) is 20.2. The van der Waals surface area contributed by atoms with Gasteiger partial charge in [-0.05, 0) is 55.0 Å². The molecule has 0 aliphatic heterocycles. The Bertz CT molecular complexity index is 956. The maximum Gasteiger partial charge on any atom is 0.255 e. The molecule has 3 aromatic rings. The minimum Gasteiger partial charge on any atom is -0.496 e. The number of methoxy groups -OCH3 is 1. The first-order valence-electron chi connectivity index (χ1n) is 8.49. The second-order valence-corrected chi connectivity index (χ2v) is 6.48. The lowest BCUT2D eigenvalue weighted by atomic mass is 10.1. The van der Waals surface area contributed by atoms with Gasteiger partial charge in [-0.2, -0.15) is 0 Å². The number of rotatable bonds is 6. The molecule has 0 unspecified atom stereocenters. The smallest absolute Gasteiger partial charge is 0.255 e. The first kappa shape index (κ1) is 18.8. The molecule has 27 heavy (non-hydrogen) atoms. The van der Waals surface area contributed by atoms with E-state index in [1.165, 1.54) is 0 Å². The fourth-order valence-electron chi connectivity index (χ4n) is 2.68. The van der Waals surface area contributed by atoms with Crippen LogP contribution in [0.3, 0.4) is 0 Å². The van der Waals surface area contributed by atoms with Crippen LogP contribution in [0.4, 0.5) is 5.69 Å². The molecule has 4 nitrogen and oxygen atoms in total. The first-order valence-corrected chi connectivity index (χ1v) is 8.87. The third kappa shape index (κ3) is 4.80. The van der Waals surface area contributed by atoms with E-state index in [0.717, 1.165) is 16.8 Å². The van der Waals surface area contributed by atoms with E-state index in [9.17, 15) is 4.79 Å². The molecule has 0 aliphatic carbocycles. The fourth-order valence-corrected chi connectivity index (χ4v) is 2.87. The molecule has 0 heterocycles. The van der Waals surface area contributed by atoms with Crippen LogP contribution in [-0.2, 0) is 6.61 Å². The number of hydrogen-bond donors (Lipinski definition) is 1. The summed E-state index contributed by atoms with van der Waals surface area (Å²) in [7, 11) is 1.58. The highest BCUT2D eigenvalue weighted by molar-refractivity contribution is 6.32. The van der Waals surface area contributed by atoms with E-state index in [1.54, 1.807) is 37.4 Å². The van der Waals surface area contributed by atoms with E-state index in [1.807, 2.05) is 43.3 Å². The molecule has 0 fully saturated rings. The van der Waals surface area contributed by atoms with Gasteiger partial charge in [0, 0.05) is 16.8 Å². The molecule has 5 heteroatoms. The zero-order valence-electron chi connectivity index (χ0n) is 15.2.